The van der Waals surface area contributed by atoms with Crippen LogP contribution < -0.4 is 9.62 Å². The third kappa shape index (κ3) is 6.42. The molecule has 34 heavy (non-hydrogen) atoms. The van der Waals surface area contributed by atoms with Crippen LogP contribution in [0.3, 0.4) is 0 Å². The third-order valence-corrected chi connectivity index (χ3v) is 8.04. The highest BCUT2D eigenvalue weighted by Crippen LogP contribution is 2.28. The van der Waals surface area contributed by atoms with E-state index in [4.69, 9.17) is 0 Å². The number of carbonyl (C=O) groups excluding carboxylic acids is 1. The van der Waals surface area contributed by atoms with Crippen LogP contribution in [0.15, 0.2) is 71.6 Å². The van der Waals surface area contributed by atoms with E-state index in [1.165, 1.54) is 9.20 Å². The molecule has 0 heterocycles. The topological polar surface area (TPSA) is 66.5 Å². The Morgan fingerprint density at radius 2 is 1.65 bits per heavy atom. The average molecular weight is 497 g/mol. The Hall–Kier alpha value is -2.77. The molecule has 3 aromatic rings. The molecule has 0 aromatic heterocycles. The Morgan fingerprint density at radius 3 is 2.24 bits per heavy atom. The van der Waals surface area contributed by atoms with Crippen molar-refractivity contribution in [1.29, 1.82) is 0 Å². The predicted octanol–water partition coefficient (Wildman–Crippen LogP) is 6.09. The number of sulfonamides is 1. The number of nitrogens with one attached hydrogen (secondary N) is 1. The zero-order valence-electron chi connectivity index (χ0n) is 20.3. The molecule has 180 valence electrons. The fourth-order valence-corrected chi connectivity index (χ4v) is 5.84. The van der Waals surface area contributed by atoms with Gasteiger partial charge in [-0.3, -0.25) is 9.10 Å². The summed E-state index contributed by atoms with van der Waals surface area (Å²) in [6.45, 7) is 7.67. The average Bonchev–Trinajstić information content (AvgIpc) is 2.79. The van der Waals surface area contributed by atoms with Gasteiger partial charge in [-0.25, -0.2) is 8.42 Å². The van der Waals surface area contributed by atoms with E-state index in [1.54, 1.807) is 17.8 Å². The van der Waals surface area contributed by atoms with E-state index in [2.05, 4.69) is 23.5 Å². The molecular weight excluding hydrogens is 464 g/mol. The van der Waals surface area contributed by atoms with Crippen LogP contribution in [0.25, 0.3) is 0 Å². The fraction of sp³-hybridized carbons (Fsp3) is 0.296. The second-order valence-corrected chi connectivity index (χ2v) is 11.4. The largest absolute Gasteiger partial charge is 0.324 e. The zero-order valence-corrected chi connectivity index (χ0v) is 22.0. The number of nitrogens with zero attached hydrogens (tertiary/aromatic N) is 1. The molecule has 1 atom stereocenters. The van der Waals surface area contributed by atoms with Crippen LogP contribution in [0.1, 0.15) is 35.6 Å². The lowest BCUT2D eigenvalue weighted by molar-refractivity contribution is -0.117. The highest BCUT2D eigenvalue weighted by atomic mass is 32.2. The van der Waals surface area contributed by atoms with Crippen molar-refractivity contribution >= 4 is 39.1 Å². The van der Waals surface area contributed by atoms with Crippen LogP contribution in [0.4, 0.5) is 11.4 Å². The molecule has 1 amide bonds. The summed E-state index contributed by atoms with van der Waals surface area (Å²) < 4.78 is 26.7. The van der Waals surface area contributed by atoms with Gasteiger partial charge in [0.2, 0.25) is 15.9 Å². The Bertz CT molecular complexity index is 1260. The van der Waals surface area contributed by atoms with Crippen molar-refractivity contribution in [2.45, 2.75) is 50.8 Å². The number of carbonyl (C=O) groups is 1. The Kier molecular flexibility index (Phi) is 8.44. The van der Waals surface area contributed by atoms with Gasteiger partial charge in [0.15, 0.2) is 0 Å². The van der Waals surface area contributed by atoms with E-state index in [1.807, 2.05) is 70.2 Å². The van der Waals surface area contributed by atoms with Gasteiger partial charge in [-0.15, -0.1) is 11.8 Å². The normalized spacial score (nSPS) is 12.3. The van der Waals surface area contributed by atoms with Gasteiger partial charge in [0.25, 0.3) is 0 Å². The lowest BCUT2D eigenvalue weighted by Gasteiger charge is -2.30. The highest BCUT2D eigenvalue weighted by molar-refractivity contribution is 7.98. The van der Waals surface area contributed by atoms with Crippen LogP contribution in [0.5, 0.6) is 0 Å². The molecule has 0 aliphatic carbocycles. The van der Waals surface area contributed by atoms with Crippen LogP contribution >= 0.6 is 11.8 Å². The molecule has 0 spiro atoms. The second kappa shape index (κ2) is 11.1. The van der Waals surface area contributed by atoms with E-state index in [0.29, 0.717) is 17.8 Å². The van der Waals surface area contributed by atoms with Crippen LogP contribution in [0, 0.1) is 20.8 Å². The molecular formula is C27H32N2O3S2. The van der Waals surface area contributed by atoms with Gasteiger partial charge in [-0.1, -0.05) is 43.3 Å². The van der Waals surface area contributed by atoms with E-state index in [9.17, 15) is 13.2 Å². The van der Waals surface area contributed by atoms with Gasteiger partial charge in [0, 0.05) is 16.3 Å². The van der Waals surface area contributed by atoms with Crippen molar-refractivity contribution in [3.05, 3.63) is 89.0 Å². The number of aryl methyl sites for hydroxylation is 3. The van der Waals surface area contributed by atoms with Crippen LogP contribution in [0.2, 0.25) is 0 Å². The summed E-state index contributed by atoms with van der Waals surface area (Å²) in [6, 6.07) is 20.8. The maximum absolute atomic E-state index is 13.3. The maximum Gasteiger partial charge on any atom is 0.248 e. The van der Waals surface area contributed by atoms with Gasteiger partial charge in [-0.2, -0.15) is 0 Å². The van der Waals surface area contributed by atoms with E-state index in [-0.39, 0.29) is 5.91 Å². The standard InChI is InChI=1S/C27H32N2O3S2/c1-6-26(29(34(5,31)32)23-14-12-19(2)20(3)17-23)27(30)28-25-15-13-22(16-21(25)4)18-33-24-10-8-7-9-11-24/h7-17,26H,6,18H2,1-5H3,(H,28,30)/t26-/m0/s1. The van der Waals surface area contributed by atoms with Crippen molar-refractivity contribution in [3.63, 3.8) is 0 Å². The summed E-state index contributed by atoms with van der Waals surface area (Å²) in [5.41, 5.74) is 5.32. The minimum Gasteiger partial charge on any atom is -0.324 e. The summed E-state index contributed by atoms with van der Waals surface area (Å²) in [5.74, 6) is 0.478. The molecule has 0 saturated heterocycles. The van der Waals surface area contributed by atoms with Crippen molar-refractivity contribution in [3.8, 4) is 0 Å². The molecule has 5 nitrogen and oxygen atoms in total. The Balaban J connectivity index is 1.79. The first-order valence-electron chi connectivity index (χ1n) is 11.2. The molecule has 0 saturated carbocycles. The van der Waals surface area contributed by atoms with Gasteiger partial charge in [0.05, 0.1) is 11.9 Å². The van der Waals surface area contributed by atoms with Crippen LogP contribution in [-0.2, 0) is 20.6 Å². The van der Waals surface area contributed by atoms with Crippen molar-refractivity contribution in [2.75, 3.05) is 15.9 Å². The zero-order chi connectivity index (χ0) is 24.9. The molecule has 0 radical (unpaired) electrons. The highest BCUT2D eigenvalue weighted by Gasteiger charge is 2.32. The third-order valence-electron chi connectivity index (χ3n) is 5.77. The SMILES string of the molecule is CC[C@@H](C(=O)Nc1ccc(CSc2ccccc2)cc1C)N(c1ccc(C)c(C)c1)S(C)(=O)=O. The van der Waals surface area contributed by atoms with E-state index in [0.717, 1.165) is 34.3 Å². The van der Waals surface area contributed by atoms with E-state index >= 15 is 0 Å². The number of benzene rings is 3. The monoisotopic (exact) mass is 496 g/mol. The number of hydrogen-bond donors (Lipinski definition) is 1. The predicted molar refractivity (Wildman–Crippen MR) is 143 cm³/mol. The summed E-state index contributed by atoms with van der Waals surface area (Å²) >= 11 is 1.76. The smallest absolute Gasteiger partial charge is 0.248 e. The minimum atomic E-state index is -3.68. The Labute approximate surface area is 207 Å². The van der Waals surface area contributed by atoms with Crippen LogP contribution in [-0.4, -0.2) is 26.6 Å². The van der Waals surface area contributed by atoms with E-state index < -0.39 is 16.1 Å². The first-order valence-corrected chi connectivity index (χ1v) is 14.1. The number of rotatable bonds is 9. The molecule has 0 aliphatic rings. The molecule has 0 aliphatic heterocycles. The molecule has 7 heteroatoms. The number of anilines is 2. The molecule has 3 rings (SSSR count). The number of amides is 1. The summed E-state index contributed by atoms with van der Waals surface area (Å²) in [7, 11) is -3.68. The number of hydrogen-bond acceptors (Lipinski definition) is 4. The molecule has 1 N–H and O–H groups in total. The molecule has 3 aromatic carbocycles. The molecule has 0 bridgehead atoms. The lowest BCUT2D eigenvalue weighted by Crippen LogP contribution is -2.47. The van der Waals surface area contributed by atoms with Gasteiger partial charge in [0.1, 0.15) is 6.04 Å². The first-order chi connectivity index (χ1) is 16.1. The summed E-state index contributed by atoms with van der Waals surface area (Å²) in [4.78, 5) is 14.5. The van der Waals surface area contributed by atoms with Crippen molar-refractivity contribution in [1.82, 2.24) is 0 Å². The molecule has 0 fully saturated rings. The first kappa shape index (κ1) is 25.8. The van der Waals surface area contributed by atoms with Gasteiger partial charge in [-0.05, 0) is 79.8 Å². The molecule has 0 unspecified atom stereocenters. The van der Waals surface area contributed by atoms with Gasteiger partial charge < -0.3 is 5.32 Å². The summed E-state index contributed by atoms with van der Waals surface area (Å²) in [6.07, 6.45) is 1.49. The maximum atomic E-state index is 13.3. The van der Waals surface area contributed by atoms with Crippen molar-refractivity contribution in [2.24, 2.45) is 0 Å². The fourth-order valence-electron chi connectivity index (χ4n) is 3.78. The second-order valence-electron chi connectivity index (χ2n) is 8.49. The van der Waals surface area contributed by atoms with Gasteiger partial charge >= 0.3 is 0 Å². The summed E-state index contributed by atoms with van der Waals surface area (Å²) in [5, 5.41) is 2.96. The number of thioether (sulfide) groups is 1. The minimum absolute atomic E-state index is 0.344. The quantitative estimate of drug-likeness (QED) is 0.364. The Morgan fingerprint density at radius 1 is 0.941 bits per heavy atom. The van der Waals surface area contributed by atoms with Crippen molar-refractivity contribution < 1.29 is 13.2 Å². The lowest BCUT2D eigenvalue weighted by atomic mass is 10.1.